The first-order valence-corrected chi connectivity index (χ1v) is 12.7. The number of hydrogen-bond acceptors (Lipinski definition) is 3. The number of hydrogen-bond donors (Lipinski definition) is 2. The Morgan fingerprint density at radius 2 is 1.85 bits per heavy atom. The minimum atomic E-state index is -0.693. The van der Waals surface area contributed by atoms with Crippen LogP contribution in [0.2, 0.25) is 0 Å². The van der Waals surface area contributed by atoms with Crippen LogP contribution in [0.5, 0.6) is 0 Å². The smallest absolute Gasteiger partial charge is 0.168 e. The van der Waals surface area contributed by atoms with Crippen molar-refractivity contribution in [2.24, 2.45) is 5.92 Å². The first-order valence-electron chi connectivity index (χ1n) is 12.7. The molecule has 2 aromatic carbocycles. The molecule has 4 atom stereocenters. The zero-order valence-electron chi connectivity index (χ0n) is 21.7. The summed E-state index contributed by atoms with van der Waals surface area (Å²) in [5.41, 5.74) is 8.04. The average Bonchev–Trinajstić information content (AvgIpc) is 2.79. The van der Waals surface area contributed by atoms with Crippen LogP contribution >= 0.6 is 0 Å². The molecule has 1 heterocycles. The van der Waals surface area contributed by atoms with Gasteiger partial charge >= 0.3 is 0 Å². The van der Waals surface area contributed by atoms with Crippen LogP contribution in [0.4, 0.5) is 5.69 Å². The maximum atomic E-state index is 10.1. The number of allylic oxidation sites excluding steroid dienone is 1. The van der Waals surface area contributed by atoms with Crippen molar-refractivity contribution in [2.75, 3.05) is 5.32 Å². The fourth-order valence-electron chi connectivity index (χ4n) is 5.33. The first-order chi connectivity index (χ1) is 15.7. The molecule has 0 radical (unpaired) electrons. The molecule has 3 unspecified atom stereocenters. The Morgan fingerprint density at radius 1 is 1.09 bits per heavy atom. The summed E-state index contributed by atoms with van der Waals surface area (Å²) in [5, 5.41) is 14.1. The minimum absolute atomic E-state index is 0.101. The van der Waals surface area contributed by atoms with E-state index in [1.165, 1.54) is 33.4 Å². The van der Waals surface area contributed by atoms with Crippen molar-refractivity contribution < 1.29 is 9.84 Å². The third kappa shape index (κ3) is 5.70. The van der Waals surface area contributed by atoms with Gasteiger partial charge in [-0.1, -0.05) is 69.2 Å². The highest BCUT2D eigenvalue weighted by Crippen LogP contribution is 2.44. The molecule has 3 rings (SSSR count). The summed E-state index contributed by atoms with van der Waals surface area (Å²) in [5.74, 6) is 0.217. The van der Waals surface area contributed by atoms with Crippen LogP contribution in [0.25, 0.3) is 6.08 Å². The molecule has 0 saturated heterocycles. The molecule has 0 saturated carbocycles. The minimum Gasteiger partial charge on any atom is -0.393 e. The van der Waals surface area contributed by atoms with Crippen LogP contribution in [-0.2, 0) is 23.3 Å². The SMILES string of the molecule is CCCc1ccc2c(c1)NC(OC(C)CC(C)O)([C@@H](C)CC)c1c(C)cc(C)cc1CC=C2. The number of aliphatic hydroxyl groups is 1. The largest absolute Gasteiger partial charge is 0.393 e. The summed E-state index contributed by atoms with van der Waals surface area (Å²) in [7, 11) is 0. The van der Waals surface area contributed by atoms with Crippen LogP contribution in [0.1, 0.15) is 87.3 Å². The van der Waals surface area contributed by atoms with Crippen molar-refractivity contribution in [1.82, 2.24) is 0 Å². The van der Waals surface area contributed by atoms with Gasteiger partial charge in [0.15, 0.2) is 5.72 Å². The molecule has 0 aromatic heterocycles. The summed E-state index contributed by atoms with van der Waals surface area (Å²) in [4.78, 5) is 0. The standard InChI is InChI=1S/C30H43NO2/c1-8-11-25-14-15-26-12-10-13-27-17-20(3)16-21(4)29(27)30(22(5)9-2,31-28(26)19-25)33-24(7)18-23(6)32/h10,12,14-17,19,22-24,31-32H,8-9,11,13,18H2,1-7H3/t22-,23?,24?,30?/m0/s1. The number of benzene rings is 2. The van der Waals surface area contributed by atoms with Gasteiger partial charge in [-0.2, -0.15) is 0 Å². The van der Waals surface area contributed by atoms with Gasteiger partial charge in [0.25, 0.3) is 0 Å². The Morgan fingerprint density at radius 3 is 2.52 bits per heavy atom. The number of aryl methyl sites for hydroxylation is 3. The number of rotatable bonds is 8. The Balaban J connectivity index is 2.28. The topological polar surface area (TPSA) is 41.5 Å². The van der Waals surface area contributed by atoms with Gasteiger partial charge in [0.1, 0.15) is 0 Å². The molecule has 1 aliphatic rings. The van der Waals surface area contributed by atoms with Gasteiger partial charge in [-0.3, -0.25) is 0 Å². The van der Waals surface area contributed by atoms with Crippen molar-refractivity contribution in [3.05, 3.63) is 69.8 Å². The van der Waals surface area contributed by atoms with Crippen molar-refractivity contribution in [3.8, 4) is 0 Å². The molecule has 2 aromatic rings. The van der Waals surface area contributed by atoms with Gasteiger partial charge in [0.05, 0.1) is 12.2 Å². The van der Waals surface area contributed by atoms with Crippen molar-refractivity contribution in [3.63, 3.8) is 0 Å². The lowest BCUT2D eigenvalue weighted by Gasteiger charge is -2.45. The quantitative estimate of drug-likeness (QED) is 0.444. The molecule has 1 aliphatic heterocycles. The van der Waals surface area contributed by atoms with E-state index in [1.54, 1.807) is 0 Å². The Bertz CT molecular complexity index is 978. The summed E-state index contributed by atoms with van der Waals surface area (Å²) >= 11 is 0. The van der Waals surface area contributed by atoms with Crippen LogP contribution in [0.15, 0.2) is 36.4 Å². The second kappa shape index (κ2) is 10.9. The zero-order valence-corrected chi connectivity index (χ0v) is 21.7. The van der Waals surface area contributed by atoms with Gasteiger partial charge in [-0.15, -0.1) is 0 Å². The second-order valence-corrected chi connectivity index (χ2v) is 10.1. The molecule has 0 amide bonds. The maximum Gasteiger partial charge on any atom is 0.168 e. The normalized spacial score (nSPS) is 20.5. The van der Waals surface area contributed by atoms with E-state index in [-0.39, 0.29) is 12.0 Å². The molecule has 0 spiro atoms. The monoisotopic (exact) mass is 449 g/mol. The van der Waals surface area contributed by atoms with Gasteiger partial charge in [0, 0.05) is 17.2 Å². The summed E-state index contributed by atoms with van der Waals surface area (Å²) in [6, 6.07) is 11.4. The number of fused-ring (bicyclic) bond motifs is 2. The maximum absolute atomic E-state index is 10.1. The van der Waals surface area contributed by atoms with E-state index in [1.807, 2.05) is 6.92 Å². The molecule has 0 fully saturated rings. The van der Waals surface area contributed by atoms with Crippen molar-refractivity contribution in [2.45, 2.75) is 98.5 Å². The summed E-state index contributed by atoms with van der Waals surface area (Å²) in [6.45, 7) is 15.0. The number of aliphatic hydroxyl groups excluding tert-OH is 1. The van der Waals surface area contributed by atoms with Crippen molar-refractivity contribution >= 4 is 11.8 Å². The van der Waals surface area contributed by atoms with E-state index in [0.29, 0.717) is 6.42 Å². The molecular weight excluding hydrogens is 406 g/mol. The first kappa shape index (κ1) is 25.5. The highest BCUT2D eigenvalue weighted by Gasteiger charge is 2.43. The molecule has 3 heteroatoms. The molecule has 3 nitrogen and oxygen atoms in total. The number of nitrogens with one attached hydrogen (secondary N) is 1. The lowest BCUT2D eigenvalue weighted by Crippen LogP contribution is -2.48. The van der Waals surface area contributed by atoms with Crippen molar-refractivity contribution in [1.29, 1.82) is 0 Å². The predicted molar refractivity (Wildman–Crippen MR) is 141 cm³/mol. The fraction of sp³-hybridized carbons (Fsp3) is 0.533. The summed E-state index contributed by atoms with van der Waals surface area (Å²) < 4.78 is 7.04. The Labute approximate surface area is 201 Å². The molecular formula is C30H43NO2. The van der Waals surface area contributed by atoms with E-state index in [0.717, 1.165) is 31.4 Å². The third-order valence-corrected chi connectivity index (χ3v) is 6.91. The van der Waals surface area contributed by atoms with Crippen LogP contribution in [0.3, 0.4) is 0 Å². The number of anilines is 1. The summed E-state index contributed by atoms with van der Waals surface area (Å²) in [6.07, 6.45) is 8.62. The second-order valence-electron chi connectivity index (χ2n) is 10.1. The van der Waals surface area contributed by atoms with Crippen LogP contribution in [0, 0.1) is 19.8 Å². The zero-order chi connectivity index (χ0) is 24.2. The van der Waals surface area contributed by atoms with Gasteiger partial charge in [-0.25, -0.2) is 0 Å². The van der Waals surface area contributed by atoms with E-state index in [9.17, 15) is 5.11 Å². The lowest BCUT2D eigenvalue weighted by atomic mass is 9.80. The average molecular weight is 450 g/mol. The van der Waals surface area contributed by atoms with E-state index in [4.69, 9.17) is 4.74 Å². The van der Waals surface area contributed by atoms with Gasteiger partial charge in [0.2, 0.25) is 0 Å². The lowest BCUT2D eigenvalue weighted by molar-refractivity contribution is -0.117. The molecule has 2 N–H and O–H groups in total. The van der Waals surface area contributed by atoms with Gasteiger partial charge < -0.3 is 15.2 Å². The molecule has 0 bridgehead atoms. The fourth-order valence-corrected chi connectivity index (χ4v) is 5.33. The Kier molecular flexibility index (Phi) is 8.42. The van der Waals surface area contributed by atoms with Crippen LogP contribution < -0.4 is 5.32 Å². The molecule has 33 heavy (non-hydrogen) atoms. The van der Waals surface area contributed by atoms with E-state index >= 15 is 0 Å². The van der Waals surface area contributed by atoms with Gasteiger partial charge in [-0.05, 0) is 81.7 Å². The highest BCUT2D eigenvalue weighted by atomic mass is 16.5. The van der Waals surface area contributed by atoms with E-state index in [2.05, 4.69) is 89.3 Å². The van der Waals surface area contributed by atoms with Crippen LogP contribution in [-0.4, -0.2) is 17.3 Å². The third-order valence-electron chi connectivity index (χ3n) is 6.91. The molecule has 180 valence electrons. The number of ether oxygens (including phenoxy) is 1. The highest BCUT2D eigenvalue weighted by molar-refractivity contribution is 5.70. The Hall–Kier alpha value is -2.10. The molecule has 0 aliphatic carbocycles. The predicted octanol–water partition coefficient (Wildman–Crippen LogP) is 7.31. The van der Waals surface area contributed by atoms with E-state index < -0.39 is 11.8 Å².